The highest BCUT2D eigenvalue weighted by atomic mass is 35.5. The van der Waals surface area contributed by atoms with E-state index in [1.807, 2.05) is 19.9 Å². The molecule has 0 saturated heterocycles. The fourth-order valence-electron chi connectivity index (χ4n) is 1.85. The smallest absolute Gasteiger partial charge is 0.166 e. The number of rotatable bonds is 7. The van der Waals surface area contributed by atoms with E-state index in [1.165, 1.54) is 0 Å². The number of benzene rings is 1. The van der Waals surface area contributed by atoms with Crippen molar-refractivity contribution < 1.29 is 14.1 Å². The van der Waals surface area contributed by atoms with E-state index in [2.05, 4.69) is 20.3 Å². The van der Waals surface area contributed by atoms with Gasteiger partial charge in [-0.1, -0.05) is 28.8 Å². The molecule has 114 valence electrons. The number of aryl methyl sites for hydroxylation is 1. The van der Waals surface area contributed by atoms with Crippen LogP contribution in [0.4, 0.5) is 0 Å². The van der Waals surface area contributed by atoms with Crippen LogP contribution in [0.2, 0.25) is 5.02 Å². The third kappa shape index (κ3) is 3.86. The lowest BCUT2D eigenvalue weighted by atomic mass is 10.1. The second-order valence-electron chi connectivity index (χ2n) is 4.46. The molecule has 0 aliphatic heterocycles. The lowest BCUT2D eigenvalue weighted by molar-refractivity contribution is 0.258. The van der Waals surface area contributed by atoms with Gasteiger partial charge in [-0.25, -0.2) is 4.63 Å². The molecule has 1 aromatic heterocycles. The number of hydrogen-bond acceptors (Lipinski definition) is 6. The summed E-state index contributed by atoms with van der Waals surface area (Å²) in [6, 6.07) is 3.58. The van der Waals surface area contributed by atoms with Gasteiger partial charge in [0.1, 0.15) is 18.0 Å². The number of ether oxygens (including phenoxy) is 2. The van der Waals surface area contributed by atoms with Crippen molar-refractivity contribution in [1.82, 2.24) is 15.6 Å². The van der Waals surface area contributed by atoms with Gasteiger partial charge >= 0.3 is 0 Å². The van der Waals surface area contributed by atoms with Crippen molar-refractivity contribution in [2.45, 2.75) is 27.0 Å². The zero-order valence-electron chi connectivity index (χ0n) is 12.3. The minimum atomic E-state index is 0.256. The van der Waals surface area contributed by atoms with E-state index < -0.39 is 0 Å². The maximum absolute atomic E-state index is 6.10. The molecule has 0 amide bonds. The second kappa shape index (κ2) is 7.28. The molecule has 0 spiro atoms. The molecule has 0 atom stereocenters. The van der Waals surface area contributed by atoms with E-state index in [0.29, 0.717) is 34.5 Å². The molecule has 0 bridgehead atoms. The molecule has 1 heterocycles. The molecule has 0 radical (unpaired) electrons. The first-order valence-electron chi connectivity index (χ1n) is 6.63. The van der Waals surface area contributed by atoms with Crippen LogP contribution in [-0.4, -0.2) is 24.0 Å². The van der Waals surface area contributed by atoms with Crippen molar-refractivity contribution in [2.75, 3.05) is 13.7 Å². The molecular weight excluding hydrogens is 294 g/mol. The Bertz CT molecular complexity index is 601. The number of aromatic nitrogens is 2. The van der Waals surface area contributed by atoms with Gasteiger partial charge in [0.2, 0.25) is 0 Å². The zero-order chi connectivity index (χ0) is 15.2. The minimum absolute atomic E-state index is 0.256. The van der Waals surface area contributed by atoms with Gasteiger partial charge in [0.25, 0.3) is 0 Å². The van der Waals surface area contributed by atoms with E-state index in [-0.39, 0.29) is 6.61 Å². The third-order valence-electron chi connectivity index (χ3n) is 2.98. The van der Waals surface area contributed by atoms with Gasteiger partial charge in [-0.15, -0.1) is 0 Å². The first-order chi connectivity index (χ1) is 10.2. The lowest BCUT2D eigenvalue weighted by Crippen LogP contribution is -2.13. The molecule has 0 saturated carbocycles. The molecule has 6 nitrogen and oxygen atoms in total. The van der Waals surface area contributed by atoms with E-state index in [1.54, 1.807) is 13.2 Å². The highest BCUT2D eigenvalue weighted by Gasteiger charge is 2.14. The summed E-state index contributed by atoms with van der Waals surface area (Å²) in [6.07, 6.45) is 0. The van der Waals surface area contributed by atoms with Crippen molar-refractivity contribution in [3.8, 4) is 11.5 Å². The molecule has 21 heavy (non-hydrogen) atoms. The summed E-state index contributed by atoms with van der Waals surface area (Å²) in [6.45, 7) is 5.59. The molecular formula is C14H18ClN3O3. The Hall–Kier alpha value is -1.79. The summed E-state index contributed by atoms with van der Waals surface area (Å²) in [4.78, 5) is 0. The van der Waals surface area contributed by atoms with Crippen LogP contribution in [0.1, 0.15) is 23.9 Å². The van der Waals surface area contributed by atoms with Crippen molar-refractivity contribution in [2.24, 2.45) is 0 Å². The molecule has 7 heteroatoms. The monoisotopic (exact) mass is 311 g/mol. The third-order valence-corrected chi connectivity index (χ3v) is 3.20. The van der Waals surface area contributed by atoms with Crippen molar-refractivity contribution in [3.63, 3.8) is 0 Å². The van der Waals surface area contributed by atoms with E-state index in [0.717, 1.165) is 12.1 Å². The fourth-order valence-corrected chi connectivity index (χ4v) is 2.08. The molecule has 0 aliphatic rings. The number of hydrogen-bond donors (Lipinski definition) is 1. The first-order valence-corrected chi connectivity index (χ1v) is 7.01. The predicted octanol–water partition coefficient (Wildman–Crippen LogP) is 2.73. The maximum atomic E-state index is 6.10. The number of nitrogens with zero attached hydrogens (tertiary/aromatic N) is 2. The molecule has 2 aromatic rings. The largest absolute Gasteiger partial charge is 0.493 e. The van der Waals surface area contributed by atoms with E-state index in [9.17, 15) is 0 Å². The summed E-state index contributed by atoms with van der Waals surface area (Å²) in [5.74, 6) is 1.23. The summed E-state index contributed by atoms with van der Waals surface area (Å²) < 4.78 is 15.9. The second-order valence-corrected chi connectivity index (χ2v) is 4.90. The molecule has 2 rings (SSSR count). The van der Waals surface area contributed by atoms with Crippen LogP contribution >= 0.6 is 11.6 Å². The Balaban J connectivity index is 2.24. The Morgan fingerprint density at radius 3 is 2.76 bits per heavy atom. The van der Waals surface area contributed by atoms with Crippen LogP contribution < -0.4 is 14.8 Å². The standard InChI is InChI=1S/C14H18ClN3O3/c1-4-16-7-10-5-11(15)6-13(19-3)14(10)20-8-12-9(2)17-21-18-12/h5-6,16H,4,7-8H2,1-3H3. The van der Waals surface area contributed by atoms with Crippen LogP contribution in [0.5, 0.6) is 11.5 Å². The highest BCUT2D eigenvalue weighted by molar-refractivity contribution is 6.30. The van der Waals surface area contributed by atoms with Gasteiger partial charge < -0.3 is 14.8 Å². The SMILES string of the molecule is CCNCc1cc(Cl)cc(OC)c1OCc1nonc1C. The predicted molar refractivity (Wildman–Crippen MR) is 78.8 cm³/mol. The minimum Gasteiger partial charge on any atom is -0.493 e. The highest BCUT2D eigenvalue weighted by Crippen LogP contribution is 2.35. The van der Waals surface area contributed by atoms with Gasteiger partial charge in [0, 0.05) is 23.2 Å². The Kier molecular flexibility index (Phi) is 5.41. The summed E-state index contributed by atoms with van der Waals surface area (Å²) in [7, 11) is 1.58. The van der Waals surface area contributed by atoms with Gasteiger partial charge in [-0.3, -0.25) is 0 Å². The van der Waals surface area contributed by atoms with Crippen LogP contribution in [-0.2, 0) is 13.2 Å². The average molecular weight is 312 g/mol. The topological polar surface area (TPSA) is 69.4 Å². The fraction of sp³-hybridized carbons (Fsp3) is 0.429. The van der Waals surface area contributed by atoms with Crippen molar-refractivity contribution in [1.29, 1.82) is 0 Å². The Labute approximate surface area is 128 Å². The Morgan fingerprint density at radius 1 is 1.33 bits per heavy atom. The van der Waals surface area contributed by atoms with E-state index >= 15 is 0 Å². The van der Waals surface area contributed by atoms with Crippen LogP contribution in [0.3, 0.4) is 0 Å². The summed E-state index contributed by atoms with van der Waals surface area (Å²) in [5.41, 5.74) is 2.29. The van der Waals surface area contributed by atoms with Crippen LogP contribution in [0, 0.1) is 6.92 Å². The summed E-state index contributed by atoms with van der Waals surface area (Å²) >= 11 is 6.10. The molecule has 1 aromatic carbocycles. The quantitative estimate of drug-likeness (QED) is 0.848. The number of nitrogens with one attached hydrogen (secondary N) is 1. The summed E-state index contributed by atoms with van der Waals surface area (Å²) in [5, 5.41) is 11.4. The van der Waals surface area contributed by atoms with Crippen molar-refractivity contribution in [3.05, 3.63) is 34.1 Å². The molecule has 1 N–H and O–H groups in total. The Morgan fingerprint density at radius 2 is 2.14 bits per heavy atom. The lowest BCUT2D eigenvalue weighted by Gasteiger charge is -2.15. The first kappa shape index (κ1) is 15.6. The number of methoxy groups -OCH3 is 1. The average Bonchev–Trinajstić information content (AvgIpc) is 2.88. The van der Waals surface area contributed by atoms with Crippen LogP contribution in [0.15, 0.2) is 16.8 Å². The molecule has 0 aliphatic carbocycles. The molecule has 0 fully saturated rings. The maximum Gasteiger partial charge on any atom is 0.166 e. The normalized spacial score (nSPS) is 10.7. The van der Waals surface area contributed by atoms with E-state index in [4.69, 9.17) is 21.1 Å². The molecule has 0 unspecified atom stereocenters. The van der Waals surface area contributed by atoms with Gasteiger partial charge in [-0.05, 0) is 19.5 Å². The van der Waals surface area contributed by atoms with Crippen LogP contribution in [0.25, 0.3) is 0 Å². The number of halogens is 1. The van der Waals surface area contributed by atoms with Crippen molar-refractivity contribution >= 4 is 11.6 Å². The van der Waals surface area contributed by atoms with Gasteiger partial charge in [0.15, 0.2) is 11.5 Å². The van der Waals surface area contributed by atoms with Gasteiger partial charge in [0.05, 0.1) is 7.11 Å². The zero-order valence-corrected chi connectivity index (χ0v) is 13.0. The van der Waals surface area contributed by atoms with Gasteiger partial charge in [-0.2, -0.15) is 0 Å².